The molecule has 6 heteroatoms. The molecule has 1 aliphatic heterocycles. The number of rotatable bonds is 4. The van der Waals surface area contributed by atoms with Gasteiger partial charge in [-0.05, 0) is 44.2 Å². The summed E-state index contributed by atoms with van der Waals surface area (Å²) in [6.07, 6.45) is 5.32. The van der Waals surface area contributed by atoms with Crippen LogP contribution >= 0.6 is 0 Å². The molecule has 1 aliphatic carbocycles. The zero-order valence-electron chi connectivity index (χ0n) is 14.9. The van der Waals surface area contributed by atoms with Crippen molar-refractivity contribution >= 4 is 15.9 Å². The van der Waals surface area contributed by atoms with Crippen LogP contribution in [-0.4, -0.2) is 44.6 Å². The van der Waals surface area contributed by atoms with Crippen LogP contribution in [0.1, 0.15) is 50.0 Å². The molecule has 1 aromatic carbocycles. The Bertz CT molecular complexity index is 682. The molecule has 138 valence electrons. The first-order valence-corrected chi connectivity index (χ1v) is 10.8. The first-order valence-electron chi connectivity index (χ1n) is 9.29. The summed E-state index contributed by atoms with van der Waals surface area (Å²) in [5.74, 6) is 0.545. The van der Waals surface area contributed by atoms with Crippen molar-refractivity contribution in [2.75, 3.05) is 20.1 Å². The van der Waals surface area contributed by atoms with Gasteiger partial charge in [0.05, 0.1) is 5.25 Å². The summed E-state index contributed by atoms with van der Waals surface area (Å²) in [6.45, 7) is 1.09. The highest BCUT2D eigenvalue weighted by Gasteiger charge is 2.37. The van der Waals surface area contributed by atoms with E-state index >= 15 is 0 Å². The van der Waals surface area contributed by atoms with Gasteiger partial charge in [0, 0.05) is 19.0 Å². The van der Waals surface area contributed by atoms with E-state index in [1.165, 1.54) is 19.0 Å². The minimum atomic E-state index is -3.24. The average molecular weight is 365 g/mol. The van der Waals surface area contributed by atoms with Crippen molar-refractivity contribution < 1.29 is 13.2 Å². The highest BCUT2D eigenvalue weighted by Crippen LogP contribution is 2.39. The molecular weight excluding hydrogens is 336 g/mol. The van der Waals surface area contributed by atoms with Gasteiger partial charge in [0.15, 0.2) is 0 Å². The van der Waals surface area contributed by atoms with Gasteiger partial charge >= 0.3 is 0 Å². The van der Waals surface area contributed by atoms with E-state index in [0.717, 1.165) is 19.3 Å². The van der Waals surface area contributed by atoms with Crippen molar-refractivity contribution in [2.45, 2.75) is 49.7 Å². The molecule has 1 heterocycles. The van der Waals surface area contributed by atoms with Crippen molar-refractivity contribution in [3.63, 3.8) is 0 Å². The second-order valence-corrected chi connectivity index (χ2v) is 9.35. The van der Waals surface area contributed by atoms with Gasteiger partial charge in [-0.25, -0.2) is 13.1 Å². The largest absolute Gasteiger partial charge is 0.342 e. The number of benzene rings is 1. The Morgan fingerprint density at radius 1 is 1.04 bits per heavy atom. The molecule has 5 nitrogen and oxygen atoms in total. The van der Waals surface area contributed by atoms with E-state index in [2.05, 4.69) is 16.9 Å². The Kier molecular flexibility index (Phi) is 5.79. The van der Waals surface area contributed by atoms with Gasteiger partial charge < -0.3 is 4.90 Å². The lowest BCUT2D eigenvalue weighted by molar-refractivity contribution is -0.138. The number of likely N-dealkylation sites (tertiary alicyclic amines) is 1. The monoisotopic (exact) mass is 364 g/mol. The first-order chi connectivity index (χ1) is 12.0. The van der Waals surface area contributed by atoms with E-state index in [-0.39, 0.29) is 17.1 Å². The summed E-state index contributed by atoms with van der Waals surface area (Å²) in [6, 6.07) is 10.3. The molecule has 1 N–H and O–H groups in total. The van der Waals surface area contributed by atoms with E-state index in [1.807, 2.05) is 23.1 Å². The Morgan fingerprint density at radius 3 is 2.32 bits per heavy atom. The van der Waals surface area contributed by atoms with Crippen LogP contribution in [0.5, 0.6) is 0 Å². The number of carbonyl (C=O) groups is 1. The third kappa shape index (κ3) is 4.06. The summed E-state index contributed by atoms with van der Waals surface area (Å²) in [7, 11) is -1.78. The van der Waals surface area contributed by atoms with Gasteiger partial charge in [0.2, 0.25) is 15.9 Å². The molecule has 0 unspecified atom stereocenters. The number of nitrogens with zero attached hydrogens (tertiary/aromatic N) is 1. The Hall–Kier alpha value is -1.40. The molecule has 0 radical (unpaired) electrons. The zero-order chi connectivity index (χ0) is 17.9. The van der Waals surface area contributed by atoms with Gasteiger partial charge in [-0.15, -0.1) is 0 Å². The third-order valence-corrected chi connectivity index (χ3v) is 7.71. The molecule has 2 fully saturated rings. The lowest BCUT2D eigenvalue weighted by Crippen LogP contribution is -2.47. The number of nitrogens with one attached hydrogen (secondary N) is 1. The van der Waals surface area contributed by atoms with Crippen LogP contribution in [-0.2, 0) is 14.8 Å². The molecule has 3 rings (SSSR count). The molecule has 1 aromatic rings. The van der Waals surface area contributed by atoms with Gasteiger partial charge in [-0.2, -0.15) is 0 Å². The molecule has 2 atom stereocenters. The highest BCUT2D eigenvalue weighted by atomic mass is 32.2. The minimum absolute atomic E-state index is 0.0357. The van der Waals surface area contributed by atoms with Crippen molar-refractivity contribution in [2.24, 2.45) is 5.92 Å². The van der Waals surface area contributed by atoms with Crippen molar-refractivity contribution in [3.05, 3.63) is 35.9 Å². The van der Waals surface area contributed by atoms with Gasteiger partial charge in [-0.1, -0.05) is 43.2 Å². The number of sulfonamides is 1. The van der Waals surface area contributed by atoms with Crippen LogP contribution in [0.4, 0.5) is 0 Å². The second-order valence-electron chi connectivity index (χ2n) is 7.18. The predicted octanol–water partition coefficient (Wildman–Crippen LogP) is 2.50. The fourth-order valence-corrected chi connectivity index (χ4v) is 5.48. The van der Waals surface area contributed by atoms with Crippen molar-refractivity contribution in [1.82, 2.24) is 9.62 Å². The summed E-state index contributed by atoms with van der Waals surface area (Å²) < 4.78 is 26.3. The predicted molar refractivity (Wildman–Crippen MR) is 98.7 cm³/mol. The molecule has 1 saturated heterocycles. The lowest BCUT2D eigenvalue weighted by atomic mass is 9.74. The van der Waals surface area contributed by atoms with Crippen LogP contribution in [0.15, 0.2) is 30.3 Å². The smallest absolute Gasteiger partial charge is 0.226 e. The fraction of sp³-hybridized carbons (Fsp3) is 0.632. The topological polar surface area (TPSA) is 66.5 Å². The number of carbonyl (C=O) groups excluding carboxylic acids is 1. The number of hydrogen-bond donors (Lipinski definition) is 1. The van der Waals surface area contributed by atoms with Crippen molar-refractivity contribution in [3.8, 4) is 0 Å². The highest BCUT2D eigenvalue weighted by molar-refractivity contribution is 7.90. The SMILES string of the molecule is CNS(=O)(=O)C1CCN(C(=O)[C@@H]2CCCC[C@@H]2c2ccccc2)CC1. The Morgan fingerprint density at radius 2 is 1.68 bits per heavy atom. The minimum Gasteiger partial charge on any atom is -0.342 e. The van der Waals surface area contributed by atoms with E-state index < -0.39 is 10.0 Å². The maximum absolute atomic E-state index is 13.1. The molecule has 0 bridgehead atoms. The van der Waals surface area contributed by atoms with Crippen LogP contribution in [0, 0.1) is 5.92 Å². The second kappa shape index (κ2) is 7.87. The summed E-state index contributed by atoms with van der Waals surface area (Å²) in [4.78, 5) is 15.0. The Labute approximate surface area is 150 Å². The number of amides is 1. The zero-order valence-corrected chi connectivity index (χ0v) is 15.7. The first kappa shape index (κ1) is 18.4. The summed E-state index contributed by atoms with van der Waals surface area (Å²) in [5, 5.41) is -0.377. The van der Waals surface area contributed by atoms with Gasteiger partial charge in [-0.3, -0.25) is 4.79 Å². The quantitative estimate of drug-likeness (QED) is 0.893. The lowest BCUT2D eigenvalue weighted by Gasteiger charge is -2.38. The number of hydrogen-bond acceptors (Lipinski definition) is 3. The maximum atomic E-state index is 13.1. The fourth-order valence-electron chi connectivity index (χ4n) is 4.31. The molecule has 25 heavy (non-hydrogen) atoms. The van der Waals surface area contributed by atoms with Crippen LogP contribution in [0.2, 0.25) is 0 Å². The van der Waals surface area contributed by atoms with E-state index in [9.17, 15) is 13.2 Å². The van der Waals surface area contributed by atoms with Gasteiger partial charge in [0.25, 0.3) is 0 Å². The number of piperidine rings is 1. The molecular formula is C19H28N2O3S. The molecule has 0 aromatic heterocycles. The van der Waals surface area contributed by atoms with Crippen LogP contribution < -0.4 is 4.72 Å². The molecule has 1 saturated carbocycles. The van der Waals surface area contributed by atoms with E-state index in [4.69, 9.17) is 0 Å². The van der Waals surface area contributed by atoms with Crippen LogP contribution in [0.25, 0.3) is 0 Å². The normalized spacial score (nSPS) is 25.7. The molecule has 0 spiro atoms. The Balaban J connectivity index is 1.68. The maximum Gasteiger partial charge on any atom is 0.226 e. The van der Waals surface area contributed by atoms with Crippen molar-refractivity contribution in [1.29, 1.82) is 0 Å². The molecule has 2 aliphatic rings. The summed E-state index contributed by atoms with van der Waals surface area (Å²) >= 11 is 0. The molecule has 1 amide bonds. The average Bonchev–Trinajstić information content (AvgIpc) is 2.68. The third-order valence-electron chi connectivity index (χ3n) is 5.79. The summed E-state index contributed by atoms with van der Waals surface area (Å²) in [5.41, 5.74) is 1.26. The standard InChI is InChI=1S/C19H28N2O3S/c1-20-25(23,24)16-11-13-21(14-12-16)19(22)18-10-6-5-9-17(18)15-7-3-2-4-8-15/h2-4,7-8,16-18,20H,5-6,9-14H2,1H3/t17-,18-/m1/s1. The van der Waals surface area contributed by atoms with E-state index in [1.54, 1.807) is 0 Å². The van der Waals surface area contributed by atoms with Crippen LogP contribution in [0.3, 0.4) is 0 Å². The van der Waals surface area contributed by atoms with E-state index in [0.29, 0.717) is 31.8 Å². The van der Waals surface area contributed by atoms with Gasteiger partial charge in [0.1, 0.15) is 0 Å².